The van der Waals surface area contributed by atoms with Crippen LogP contribution in [-0.4, -0.2) is 36.1 Å². The van der Waals surface area contributed by atoms with Crippen molar-refractivity contribution in [3.05, 3.63) is 0 Å². The zero-order chi connectivity index (χ0) is 27.1. The van der Waals surface area contributed by atoms with Crippen LogP contribution in [-0.2, 0) is 4.74 Å². The molecule has 4 nitrogen and oxygen atoms in total. The second kappa shape index (κ2) is 12.4. The summed E-state index contributed by atoms with van der Waals surface area (Å²) in [5, 5.41) is 13.0. The average Bonchev–Trinajstić information content (AvgIpc) is 3.34. The van der Waals surface area contributed by atoms with Gasteiger partial charge in [-0.15, -0.1) is 0 Å². The lowest BCUT2D eigenvalue weighted by atomic mass is 9.60. The minimum atomic E-state index is 0.216. The van der Waals surface area contributed by atoms with Gasteiger partial charge in [-0.3, -0.25) is 16.0 Å². The van der Waals surface area contributed by atoms with Crippen molar-refractivity contribution in [2.24, 2.45) is 41.4 Å². The molecule has 3 N–H and O–H groups in total. The van der Waals surface area contributed by atoms with Crippen molar-refractivity contribution in [1.29, 1.82) is 0 Å². The number of rotatable bonds is 6. The second-order valence-corrected chi connectivity index (χ2v) is 16.5. The molecule has 5 aliphatic carbocycles. The molecule has 7 fully saturated rings. The van der Waals surface area contributed by atoms with Gasteiger partial charge in [-0.1, -0.05) is 77.0 Å². The monoisotopic (exact) mass is 553 g/mol. The predicted octanol–water partition coefficient (Wildman–Crippen LogP) is 7.91. The fraction of sp³-hybridized carbons (Fsp3) is 1.00. The summed E-state index contributed by atoms with van der Waals surface area (Å²) in [6.45, 7) is 4.77. The molecule has 7 rings (SSSR count). The molecule has 0 aromatic heterocycles. The van der Waals surface area contributed by atoms with Crippen LogP contribution in [0, 0.1) is 41.4 Å². The first-order valence-electron chi connectivity index (χ1n) is 18.5. The highest BCUT2D eigenvalue weighted by atomic mass is 16.5. The second-order valence-electron chi connectivity index (χ2n) is 16.5. The first-order chi connectivity index (χ1) is 19.6. The number of nitrogens with one attached hydrogen (secondary N) is 3. The number of hydrogen-bond acceptors (Lipinski definition) is 4. The predicted molar refractivity (Wildman–Crippen MR) is 165 cm³/mol. The highest BCUT2D eigenvalue weighted by molar-refractivity contribution is 5.05. The van der Waals surface area contributed by atoms with Gasteiger partial charge in [0.1, 0.15) is 6.23 Å². The van der Waals surface area contributed by atoms with Crippen LogP contribution >= 0.6 is 0 Å². The SMILES string of the molecule is CC1(C)CCC2C(N1)OC1C(C(NC3CCCCC3)NC3C4CCCCC4CCC3C3CCCCC3)CCCC21. The van der Waals surface area contributed by atoms with Crippen LogP contribution in [0.2, 0.25) is 0 Å². The van der Waals surface area contributed by atoms with Gasteiger partial charge in [-0.25, -0.2) is 0 Å². The molecule has 2 heterocycles. The molecule has 10 unspecified atom stereocenters. The largest absolute Gasteiger partial charge is 0.359 e. The molecule has 0 spiro atoms. The van der Waals surface area contributed by atoms with E-state index in [2.05, 4.69) is 29.8 Å². The van der Waals surface area contributed by atoms with E-state index in [9.17, 15) is 0 Å². The first kappa shape index (κ1) is 28.6. The van der Waals surface area contributed by atoms with Crippen molar-refractivity contribution in [2.75, 3.05) is 0 Å². The number of piperidine rings is 1. The normalized spacial score (nSPS) is 45.3. The van der Waals surface area contributed by atoms with E-state index in [4.69, 9.17) is 4.74 Å². The van der Waals surface area contributed by atoms with Gasteiger partial charge < -0.3 is 4.74 Å². The summed E-state index contributed by atoms with van der Waals surface area (Å²) in [5.74, 6) is 5.88. The Morgan fingerprint density at radius 1 is 0.600 bits per heavy atom. The van der Waals surface area contributed by atoms with E-state index in [1.54, 1.807) is 0 Å². The third-order valence-corrected chi connectivity index (χ3v) is 13.6. The molecule has 0 amide bonds. The molecule has 2 saturated heterocycles. The number of fused-ring (bicyclic) bond motifs is 4. The Morgan fingerprint density at radius 2 is 1.25 bits per heavy atom. The Morgan fingerprint density at radius 3 is 2.05 bits per heavy atom. The van der Waals surface area contributed by atoms with Gasteiger partial charge in [-0.05, 0) is 101 Å². The summed E-state index contributed by atoms with van der Waals surface area (Å²) in [6.07, 6.45) is 31.4. The lowest BCUT2D eigenvalue weighted by molar-refractivity contribution is -0.0658. The van der Waals surface area contributed by atoms with Gasteiger partial charge in [0, 0.05) is 29.5 Å². The van der Waals surface area contributed by atoms with Crippen LogP contribution in [0.3, 0.4) is 0 Å². The van der Waals surface area contributed by atoms with E-state index >= 15 is 0 Å². The standard InChI is InChI=1S/C36H63N3O/c1-36(2)23-22-30-29-18-11-19-31(33(29)40-35(30)39-36)34(37-26-15-7-4-8-16-26)38-32-27-17-10-9-14-25(27)20-21-28(32)24-12-5-3-6-13-24/h24-35,37-39H,3-23H2,1-2H3. The molecule has 5 saturated carbocycles. The lowest BCUT2D eigenvalue weighted by Gasteiger charge is -2.52. The molecule has 0 aromatic rings. The van der Waals surface area contributed by atoms with Crippen LogP contribution in [0.5, 0.6) is 0 Å². The summed E-state index contributed by atoms with van der Waals surface area (Å²) in [6, 6.07) is 1.43. The Hall–Kier alpha value is -0.160. The van der Waals surface area contributed by atoms with E-state index in [0.717, 1.165) is 41.5 Å². The summed E-state index contributed by atoms with van der Waals surface area (Å²) in [5.41, 5.74) is 0.216. The number of ether oxygens (including phenoxy) is 1. The smallest absolute Gasteiger partial charge is 0.112 e. The van der Waals surface area contributed by atoms with Crippen molar-refractivity contribution in [3.8, 4) is 0 Å². The van der Waals surface area contributed by atoms with Gasteiger partial charge in [0.25, 0.3) is 0 Å². The third-order valence-electron chi connectivity index (χ3n) is 13.6. The Balaban J connectivity index is 1.16. The fourth-order valence-electron chi connectivity index (χ4n) is 11.6. The van der Waals surface area contributed by atoms with E-state index < -0.39 is 0 Å². The molecule has 0 aromatic carbocycles. The van der Waals surface area contributed by atoms with E-state index in [0.29, 0.717) is 24.2 Å². The molecular weight excluding hydrogens is 490 g/mol. The molecule has 0 bridgehead atoms. The molecule has 4 heteroatoms. The minimum Gasteiger partial charge on any atom is -0.359 e. The van der Waals surface area contributed by atoms with Crippen LogP contribution < -0.4 is 16.0 Å². The molecule has 7 aliphatic rings. The van der Waals surface area contributed by atoms with E-state index in [1.165, 1.54) is 135 Å². The fourth-order valence-corrected chi connectivity index (χ4v) is 11.6. The molecule has 40 heavy (non-hydrogen) atoms. The molecule has 10 atom stereocenters. The highest BCUT2D eigenvalue weighted by Crippen LogP contribution is 2.51. The van der Waals surface area contributed by atoms with Crippen molar-refractivity contribution in [1.82, 2.24) is 16.0 Å². The van der Waals surface area contributed by atoms with Gasteiger partial charge >= 0.3 is 0 Å². The van der Waals surface area contributed by atoms with Crippen molar-refractivity contribution in [2.45, 2.75) is 185 Å². The van der Waals surface area contributed by atoms with Gasteiger partial charge in [0.05, 0.1) is 12.3 Å². The summed E-state index contributed by atoms with van der Waals surface area (Å²) in [7, 11) is 0. The first-order valence-corrected chi connectivity index (χ1v) is 18.5. The maximum absolute atomic E-state index is 7.14. The maximum Gasteiger partial charge on any atom is 0.112 e. The third kappa shape index (κ3) is 5.96. The van der Waals surface area contributed by atoms with Crippen LogP contribution in [0.4, 0.5) is 0 Å². The summed E-state index contributed by atoms with van der Waals surface area (Å²) >= 11 is 0. The Labute approximate surface area is 246 Å². The zero-order valence-electron chi connectivity index (χ0n) is 26.2. The molecule has 0 radical (unpaired) electrons. The number of hydrogen-bond donors (Lipinski definition) is 3. The van der Waals surface area contributed by atoms with E-state index in [1.807, 2.05) is 0 Å². The molecular formula is C36H63N3O. The minimum absolute atomic E-state index is 0.216. The maximum atomic E-state index is 7.14. The Bertz CT molecular complexity index is 819. The van der Waals surface area contributed by atoms with Crippen LogP contribution in [0.1, 0.15) is 149 Å². The summed E-state index contributed by atoms with van der Waals surface area (Å²) < 4.78 is 7.14. The van der Waals surface area contributed by atoms with Crippen molar-refractivity contribution < 1.29 is 4.74 Å². The molecule has 228 valence electrons. The Kier molecular flexibility index (Phi) is 8.90. The van der Waals surface area contributed by atoms with Crippen molar-refractivity contribution >= 4 is 0 Å². The summed E-state index contributed by atoms with van der Waals surface area (Å²) in [4.78, 5) is 0. The van der Waals surface area contributed by atoms with E-state index in [-0.39, 0.29) is 11.8 Å². The van der Waals surface area contributed by atoms with Crippen molar-refractivity contribution in [3.63, 3.8) is 0 Å². The zero-order valence-corrected chi connectivity index (χ0v) is 26.2. The van der Waals surface area contributed by atoms with Gasteiger partial charge in [-0.2, -0.15) is 0 Å². The van der Waals surface area contributed by atoms with Gasteiger partial charge in [0.2, 0.25) is 0 Å². The average molecular weight is 554 g/mol. The van der Waals surface area contributed by atoms with Crippen LogP contribution in [0.15, 0.2) is 0 Å². The quantitative estimate of drug-likeness (QED) is 0.293. The van der Waals surface area contributed by atoms with Gasteiger partial charge in [0.15, 0.2) is 0 Å². The molecule has 2 aliphatic heterocycles. The van der Waals surface area contributed by atoms with Crippen LogP contribution in [0.25, 0.3) is 0 Å². The topological polar surface area (TPSA) is 45.3 Å². The lowest BCUT2D eigenvalue weighted by Crippen LogP contribution is -2.63. The highest BCUT2D eigenvalue weighted by Gasteiger charge is 2.54.